The fraction of sp³-hybridized carbons (Fsp3) is 0.385. The third kappa shape index (κ3) is 4.72. The molecule has 1 aliphatic heterocycles. The van der Waals surface area contributed by atoms with Gasteiger partial charge in [-0.3, -0.25) is 9.89 Å². The van der Waals surface area contributed by atoms with E-state index < -0.39 is 10.0 Å². The largest absolute Gasteiger partial charge is 0.349 e. The zero-order valence-corrected chi connectivity index (χ0v) is 16.2. The molecule has 12 heteroatoms. The van der Waals surface area contributed by atoms with Crippen molar-refractivity contribution in [3.63, 3.8) is 0 Å². The van der Waals surface area contributed by atoms with Gasteiger partial charge in [0.25, 0.3) is 5.91 Å². The number of fused-ring (bicyclic) bond motifs is 1. The Morgan fingerprint density at radius 2 is 2.16 bits per heavy atom. The summed E-state index contributed by atoms with van der Waals surface area (Å²) < 4.78 is 27.0. The van der Waals surface area contributed by atoms with Crippen molar-refractivity contribution in [2.45, 2.75) is 17.2 Å². The number of amides is 1. The van der Waals surface area contributed by atoms with E-state index in [0.29, 0.717) is 16.6 Å². The van der Waals surface area contributed by atoms with Gasteiger partial charge in [-0.05, 0) is 12.1 Å². The minimum absolute atomic E-state index is 0. The Labute approximate surface area is 160 Å². The van der Waals surface area contributed by atoms with Crippen molar-refractivity contribution in [3.05, 3.63) is 33.4 Å². The first-order chi connectivity index (χ1) is 11.5. The number of hydrogen-bond donors (Lipinski definition) is 4. The van der Waals surface area contributed by atoms with Crippen molar-refractivity contribution < 1.29 is 13.2 Å². The number of halogens is 2. The van der Waals surface area contributed by atoms with E-state index in [9.17, 15) is 13.2 Å². The minimum Gasteiger partial charge on any atom is -0.349 e. The van der Waals surface area contributed by atoms with Gasteiger partial charge in [-0.25, -0.2) is 13.1 Å². The first-order valence-electron chi connectivity index (χ1n) is 7.27. The standard InChI is InChI=1S/C13H16ClN5O3S2.ClH/c14-10-1-2-11(23-10)24(21,22)17-6-5-16-13(20)12-8-7-15-4-3-9(8)18-19-12;/h1-2,15,17H,3-7H2,(H,16,20)(H,18,19);1H. The molecule has 8 nitrogen and oxygen atoms in total. The van der Waals surface area contributed by atoms with Gasteiger partial charge in [0, 0.05) is 43.9 Å². The Bertz CT molecular complexity index is 850. The van der Waals surface area contributed by atoms with Gasteiger partial charge in [-0.15, -0.1) is 23.7 Å². The van der Waals surface area contributed by atoms with E-state index in [-0.39, 0.29) is 35.6 Å². The molecule has 0 atom stereocenters. The molecule has 4 N–H and O–H groups in total. The fourth-order valence-corrected chi connectivity index (χ4v) is 4.93. The Kier molecular flexibility index (Phi) is 6.83. The van der Waals surface area contributed by atoms with E-state index in [0.717, 1.165) is 35.6 Å². The van der Waals surface area contributed by atoms with E-state index in [4.69, 9.17) is 11.6 Å². The van der Waals surface area contributed by atoms with Crippen molar-refractivity contribution in [2.24, 2.45) is 0 Å². The number of carbonyl (C=O) groups excluding carboxylic acids is 1. The molecule has 1 aliphatic rings. The highest BCUT2D eigenvalue weighted by Crippen LogP contribution is 2.25. The number of hydrogen-bond acceptors (Lipinski definition) is 6. The number of nitrogens with zero attached hydrogens (tertiary/aromatic N) is 1. The highest BCUT2D eigenvalue weighted by Gasteiger charge is 2.21. The van der Waals surface area contributed by atoms with Crippen LogP contribution >= 0.6 is 35.3 Å². The molecule has 0 saturated carbocycles. The van der Waals surface area contributed by atoms with Gasteiger partial charge in [0.15, 0.2) is 5.69 Å². The van der Waals surface area contributed by atoms with E-state index in [2.05, 4.69) is 25.6 Å². The van der Waals surface area contributed by atoms with Gasteiger partial charge < -0.3 is 10.6 Å². The lowest BCUT2D eigenvalue weighted by atomic mass is 10.1. The Balaban J connectivity index is 0.00000225. The predicted octanol–water partition coefficient (Wildman–Crippen LogP) is 0.900. The van der Waals surface area contributed by atoms with Gasteiger partial charge in [-0.2, -0.15) is 5.10 Å². The molecule has 0 saturated heterocycles. The summed E-state index contributed by atoms with van der Waals surface area (Å²) in [6.07, 6.45) is 0.804. The monoisotopic (exact) mass is 425 g/mol. The van der Waals surface area contributed by atoms with Gasteiger partial charge in [-0.1, -0.05) is 11.6 Å². The van der Waals surface area contributed by atoms with Crippen molar-refractivity contribution >= 4 is 51.3 Å². The van der Waals surface area contributed by atoms with Crippen molar-refractivity contribution in [1.82, 2.24) is 25.6 Å². The summed E-state index contributed by atoms with van der Waals surface area (Å²) in [6.45, 7) is 1.69. The van der Waals surface area contributed by atoms with Gasteiger partial charge in [0.1, 0.15) is 4.21 Å². The van der Waals surface area contributed by atoms with Crippen LogP contribution in [0.25, 0.3) is 0 Å². The van der Waals surface area contributed by atoms with Crippen molar-refractivity contribution in [1.29, 1.82) is 0 Å². The normalized spacial score (nSPS) is 13.8. The summed E-state index contributed by atoms with van der Waals surface area (Å²) in [6, 6.07) is 2.97. The summed E-state index contributed by atoms with van der Waals surface area (Å²) in [4.78, 5) is 12.2. The molecule has 2 aromatic heterocycles. The summed E-state index contributed by atoms with van der Waals surface area (Å²) in [5.41, 5.74) is 2.19. The highest BCUT2D eigenvalue weighted by molar-refractivity contribution is 7.91. The molecule has 0 bridgehead atoms. The molecule has 2 aromatic rings. The Morgan fingerprint density at radius 3 is 2.88 bits per heavy atom. The lowest BCUT2D eigenvalue weighted by molar-refractivity contribution is 0.0948. The number of rotatable bonds is 6. The van der Waals surface area contributed by atoms with Crippen LogP contribution in [0.1, 0.15) is 21.7 Å². The van der Waals surface area contributed by atoms with Crippen LogP contribution in [0.4, 0.5) is 0 Å². The third-order valence-corrected chi connectivity index (χ3v) is 6.72. The zero-order chi connectivity index (χ0) is 17.2. The number of sulfonamides is 1. The second-order valence-corrected chi connectivity index (χ2v) is 8.88. The predicted molar refractivity (Wildman–Crippen MR) is 98.1 cm³/mol. The molecule has 138 valence electrons. The fourth-order valence-electron chi connectivity index (χ4n) is 2.37. The number of nitrogens with one attached hydrogen (secondary N) is 4. The molecule has 3 rings (SSSR count). The van der Waals surface area contributed by atoms with E-state index >= 15 is 0 Å². The molecular formula is C13H17Cl2N5O3S2. The van der Waals surface area contributed by atoms with E-state index in [1.54, 1.807) is 0 Å². The lowest BCUT2D eigenvalue weighted by Crippen LogP contribution is -2.35. The molecule has 0 spiro atoms. The molecule has 0 unspecified atom stereocenters. The molecule has 0 radical (unpaired) electrons. The van der Waals surface area contributed by atoms with Gasteiger partial charge >= 0.3 is 0 Å². The van der Waals surface area contributed by atoms with Crippen molar-refractivity contribution in [2.75, 3.05) is 19.6 Å². The SMILES string of the molecule is Cl.O=C(NCCNS(=O)(=O)c1ccc(Cl)s1)c1n[nH]c2c1CNCC2. The maximum atomic E-state index is 12.2. The average molecular weight is 426 g/mol. The summed E-state index contributed by atoms with van der Waals surface area (Å²) >= 11 is 6.72. The van der Waals surface area contributed by atoms with Gasteiger partial charge in [0.05, 0.1) is 4.34 Å². The quantitative estimate of drug-likeness (QED) is 0.513. The van der Waals surface area contributed by atoms with Crippen LogP contribution in [0.3, 0.4) is 0 Å². The van der Waals surface area contributed by atoms with Crippen LogP contribution in [0.2, 0.25) is 4.34 Å². The lowest BCUT2D eigenvalue weighted by Gasteiger charge is -2.12. The van der Waals surface area contributed by atoms with E-state index in [1.165, 1.54) is 12.1 Å². The summed E-state index contributed by atoms with van der Waals surface area (Å²) in [5, 5.41) is 12.8. The second-order valence-electron chi connectivity index (χ2n) is 5.17. The maximum absolute atomic E-state index is 12.2. The molecule has 1 amide bonds. The summed E-state index contributed by atoms with van der Waals surface area (Å²) in [7, 11) is -3.60. The molecule has 3 heterocycles. The van der Waals surface area contributed by atoms with Crippen LogP contribution in [0.15, 0.2) is 16.3 Å². The van der Waals surface area contributed by atoms with Crippen molar-refractivity contribution in [3.8, 4) is 0 Å². The second kappa shape index (κ2) is 8.47. The van der Waals surface area contributed by atoms with E-state index in [1.807, 2.05) is 0 Å². The molecule has 25 heavy (non-hydrogen) atoms. The first-order valence-corrected chi connectivity index (χ1v) is 9.95. The average Bonchev–Trinajstić information content (AvgIpc) is 3.18. The molecule has 0 aromatic carbocycles. The number of aromatic amines is 1. The highest BCUT2D eigenvalue weighted by atomic mass is 35.5. The van der Waals surface area contributed by atoms with Gasteiger partial charge in [0.2, 0.25) is 10.0 Å². The minimum atomic E-state index is -3.60. The number of H-pyrrole nitrogens is 1. The smallest absolute Gasteiger partial charge is 0.272 e. The van der Waals surface area contributed by atoms with Crippen LogP contribution < -0.4 is 15.4 Å². The summed E-state index contributed by atoms with van der Waals surface area (Å²) in [5.74, 6) is -0.324. The topological polar surface area (TPSA) is 116 Å². The number of carbonyl (C=O) groups is 1. The first kappa shape index (κ1) is 20.1. The van der Waals surface area contributed by atoms with Crippen LogP contribution in [-0.4, -0.2) is 44.2 Å². The molecule has 0 fully saturated rings. The van der Waals surface area contributed by atoms with Crippen LogP contribution in [0, 0.1) is 0 Å². The Hall–Kier alpha value is -1.17. The van der Waals surface area contributed by atoms with Crippen LogP contribution in [-0.2, 0) is 23.0 Å². The maximum Gasteiger partial charge on any atom is 0.272 e. The number of thiophene rings is 1. The third-order valence-electron chi connectivity index (χ3n) is 3.54. The van der Waals surface area contributed by atoms with Crippen LogP contribution in [0.5, 0.6) is 0 Å². The molecule has 0 aliphatic carbocycles. The molecular weight excluding hydrogens is 409 g/mol. The zero-order valence-electron chi connectivity index (χ0n) is 13.0. The Morgan fingerprint density at radius 1 is 1.36 bits per heavy atom. The number of aromatic nitrogens is 2.